The van der Waals surface area contributed by atoms with E-state index in [1.807, 2.05) is 0 Å². The molecule has 0 aromatic heterocycles. The van der Waals surface area contributed by atoms with Crippen molar-refractivity contribution < 1.29 is 54.9 Å². The Kier molecular flexibility index (Phi) is 14.3. The van der Waals surface area contributed by atoms with Crippen LogP contribution in [0.15, 0.2) is 0 Å². The van der Waals surface area contributed by atoms with Crippen LogP contribution in [0.3, 0.4) is 0 Å². The van der Waals surface area contributed by atoms with Crippen molar-refractivity contribution in [3.05, 3.63) is 0 Å². The Labute approximate surface area is 301 Å². The average molecular weight is 727 g/mol. The molecule has 4 fully saturated rings. The second-order valence-corrected chi connectivity index (χ2v) is 16.5. The lowest BCUT2D eigenvalue weighted by molar-refractivity contribution is -0.202. The summed E-state index contributed by atoms with van der Waals surface area (Å²) in [7, 11) is 0. The minimum Gasteiger partial charge on any atom is -0.481 e. The van der Waals surface area contributed by atoms with Gasteiger partial charge in [0.1, 0.15) is 0 Å². The van der Waals surface area contributed by atoms with Crippen LogP contribution in [-0.2, 0) is 19.2 Å². The van der Waals surface area contributed by atoms with Gasteiger partial charge in [-0.05, 0) is 97.7 Å². The number of rotatable bonds is 19. The molecule has 292 valence electrons. The zero-order valence-electron chi connectivity index (χ0n) is 30.5. The van der Waals surface area contributed by atoms with Crippen molar-refractivity contribution in [1.82, 2.24) is 20.0 Å². The molecule has 11 unspecified atom stereocenters. The first-order chi connectivity index (χ1) is 24.0. The van der Waals surface area contributed by atoms with Gasteiger partial charge in [0, 0.05) is 38.6 Å². The van der Waals surface area contributed by atoms with Gasteiger partial charge in [0.15, 0.2) is 0 Å². The Balaban J connectivity index is 1.40. The maximum atomic E-state index is 13.4. The summed E-state index contributed by atoms with van der Waals surface area (Å²) >= 11 is 0. The molecule has 51 heavy (non-hydrogen) atoms. The van der Waals surface area contributed by atoms with Crippen molar-refractivity contribution in [1.29, 1.82) is 0 Å². The van der Waals surface area contributed by atoms with E-state index in [9.17, 15) is 54.9 Å². The van der Waals surface area contributed by atoms with E-state index in [4.69, 9.17) is 0 Å². The minimum absolute atomic E-state index is 0.0387. The Hall–Kier alpha value is -2.40. The van der Waals surface area contributed by atoms with Gasteiger partial charge in [-0.25, -0.2) is 0 Å². The third-order valence-corrected chi connectivity index (χ3v) is 13.7. The van der Waals surface area contributed by atoms with Gasteiger partial charge >= 0.3 is 17.9 Å². The number of hydrogen-bond donors (Lipinski definition) is 8. The molecule has 1 amide bonds. The summed E-state index contributed by atoms with van der Waals surface area (Å²) in [6.45, 7) is 5.61. The quantitative estimate of drug-likeness (QED) is 0.0850. The topological polar surface area (TPSA) is 232 Å². The van der Waals surface area contributed by atoms with Crippen LogP contribution in [0, 0.1) is 46.3 Å². The van der Waals surface area contributed by atoms with Crippen LogP contribution >= 0.6 is 0 Å². The Morgan fingerprint density at radius 1 is 0.765 bits per heavy atom. The summed E-state index contributed by atoms with van der Waals surface area (Å²) in [5.74, 6) is -2.49. The van der Waals surface area contributed by atoms with Crippen molar-refractivity contribution in [2.24, 2.45) is 46.3 Å². The highest BCUT2D eigenvalue weighted by atomic mass is 16.4. The summed E-state index contributed by atoms with van der Waals surface area (Å²) < 4.78 is 0. The number of aliphatic carboxylic acids is 3. The zero-order chi connectivity index (χ0) is 37.7. The van der Waals surface area contributed by atoms with Crippen LogP contribution in [0.25, 0.3) is 0 Å². The van der Waals surface area contributed by atoms with E-state index in [0.717, 1.165) is 25.7 Å². The molecule has 4 saturated carbocycles. The number of carboxylic acids is 3. The number of fused-ring (bicyclic) bond motifs is 5. The van der Waals surface area contributed by atoms with E-state index < -0.39 is 43.2 Å². The number of carboxylic acid groups (broad SMARTS) is 3. The number of hydrogen-bond acceptors (Lipinski definition) is 11. The summed E-state index contributed by atoms with van der Waals surface area (Å²) in [4.78, 5) is 51.7. The molecule has 15 nitrogen and oxygen atoms in total. The molecule has 15 heteroatoms. The monoisotopic (exact) mass is 726 g/mol. The first-order valence-electron chi connectivity index (χ1n) is 18.7. The third kappa shape index (κ3) is 9.59. The predicted octanol–water partition coefficient (Wildman–Crippen LogP) is 0.547. The van der Waals surface area contributed by atoms with Gasteiger partial charge in [-0.3, -0.25) is 33.9 Å². The number of nitrogens with zero attached hydrogens (tertiary/aromatic N) is 3. The van der Waals surface area contributed by atoms with Gasteiger partial charge in [-0.1, -0.05) is 20.8 Å². The second kappa shape index (κ2) is 17.6. The van der Waals surface area contributed by atoms with Crippen LogP contribution in [0.5, 0.6) is 0 Å². The summed E-state index contributed by atoms with van der Waals surface area (Å²) in [6.07, 6.45) is 4.99. The first kappa shape index (κ1) is 41.4. The lowest BCUT2D eigenvalue weighted by Crippen LogP contribution is -2.63. The minimum atomic E-state index is -1.16. The molecule has 0 aromatic carbocycles. The fraction of sp³-hybridized carbons (Fsp3) is 0.889. The molecule has 4 aliphatic carbocycles. The largest absolute Gasteiger partial charge is 0.481 e. The van der Waals surface area contributed by atoms with Gasteiger partial charge in [0.25, 0.3) is 0 Å². The van der Waals surface area contributed by atoms with Crippen LogP contribution in [0.2, 0.25) is 0 Å². The standard InChI is InChI=1S/C36H62N4O11/c1-22(4-7-31(46)47)25-5-6-26-34-27(16-29(44)36(25,26)3)35(2)9-8-24(14-23(35)15-28(34)43)37-30(45)17-38(11-13-40(20-41)21-42)10-12-39(18-32(48)49)19-33(50)51/h22-29,34,41-44H,4-21H2,1-3H3,(H,37,45)(H,46,47)(H,48,49)(H,50,51). The van der Waals surface area contributed by atoms with Crippen LogP contribution in [0.4, 0.5) is 0 Å². The van der Waals surface area contributed by atoms with Crippen molar-refractivity contribution in [2.45, 2.75) is 96.8 Å². The second-order valence-electron chi connectivity index (χ2n) is 16.5. The number of nitrogens with one attached hydrogen (secondary N) is 1. The molecule has 0 saturated heterocycles. The van der Waals surface area contributed by atoms with E-state index in [1.165, 1.54) is 9.80 Å². The fourth-order valence-electron chi connectivity index (χ4n) is 10.9. The normalized spacial score (nSPS) is 35.3. The van der Waals surface area contributed by atoms with Crippen LogP contribution in [-0.4, -0.2) is 152 Å². The van der Waals surface area contributed by atoms with Crippen molar-refractivity contribution in [2.75, 3.05) is 59.3 Å². The van der Waals surface area contributed by atoms with Crippen LogP contribution < -0.4 is 5.32 Å². The van der Waals surface area contributed by atoms with E-state index >= 15 is 0 Å². The van der Waals surface area contributed by atoms with Gasteiger partial charge in [-0.2, -0.15) is 0 Å². The molecule has 0 aliphatic heterocycles. The number of amides is 1. The maximum absolute atomic E-state index is 13.4. The van der Waals surface area contributed by atoms with Gasteiger partial charge in [-0.15, -0.1) is 0 Å². The highest BCUT2D eigenvalue weighted by Crippen LogP contribution is 2.68. The highest BCUT2D eigenvalue weighted by Gasteiger charge is 2.65. The van der Waals surface area contributed by atoms with Crippen molar-refractivity contribution >= 4 is 23.8 Å². The van der Waals surface area contributed by atoms with Crippen LogP contribution in [0.1, 0.15) is 78.6 Å². The summed E-state index contributed by atoms with van der Waals surface area (Å²) in [5.41, 5.74) is -0.480. The predicted molar refractivity (Wildman–Crippen MR) is 185 cm³/mol. The molecule has 0 heterocycles. The number of aliphatic hydroxyl groups excluding tert-OH is 4. The first-order valence-corrected chi connectivity index (χ1v) is 18.7. The highest BCUT2D eigenvalue weighted by molar-refractivity contribution is 5.78. The van der Waals surface area contributed by atoms with E-state index in [-0.39, 0.29) is 111 Å². The van der Waals surface area contributed by atoms with E-state index in [0.29, 0.717) is 25.7 Å². The van der Waals surface area contributed by atoms with Gasteiger partial charge < -0.3 is 41.1 Å². The molecule has 11 atom stereocenters. The SMILES string of the molecule is CC(CCC(=O)O)C1CCC2C3C(O)CC4CC(NC(=O)CN(CCN(CO)CO)CCN(CC(=O)O)CC(=O)O)CCC4(C)C3CC(O)C12C. The molecular formula is C36H62N4O11. The Bertz CT molecular complexity index is 1210. The molecule has 8 N–H and O–H groups in total. The number of carbonyl (C=O) groups is 4. The van der Waals surface area contributed by atoms with E-state index in [2.05, 4.69) is 26.1 Å². The summed E-state index contributed by atoms with van der Waals surface area (Å²) in [5, 5.41) is 73.5. The molecule has 4 aliphatic rings. The van der Waals surface area contributed by atoms with Gasteiger partial charge in [0.05, 0.1) is 45.3 Å². The zero-order valence-corrected chi connectivity index (χ0v) is 30.5. The molecular weight excluding hydrogens is 664 g/mol. The fourth-order valence-corrected chi connectivity index (χ4v) is 10.9. The lowest BCUT2D eigenvalue weighted by atomic mass is 9.43. The Morgan fingerprint density at radius 2 is 1.37 bits per heavy atom. The maximum Gasteiger partial charge on any atom is 0.317 e. The average Bonchev–Trinajstić information content (AvgIpc) is 3.41. The molecule has 0 bridgehead atoms. The molecule has 0 radical (unpaired) electrons. The van der Waals surface area contributed by atoms with E-state index in [1.54, 1.807) is 4.90 Å². The molecule has 4 rings (SSSR count). The smallest absolute Gasteiger partial charge is 0.317 e. The molecule has 0 spiro atoms. The molecule has 0 aromatic rings. The lowest BCUT2D eigenvalue weighted by Gasteiger charge is -2.63. The van der Waals surface area contributed by atoms with Crippen molar-refractivity contribution in [3.63, 3.8) is 0 Å². The Morgan fingerprint density at radius 3 is 1.96 bits per heavy atom. The number of carbonyl (C=O) groups excluding carboxylic acids is 1. The number of aliphatic hydroxyl groups is 4. The van der Waals surface area contributed by atoms with Gasteiger partial charge in [0.2, 0.25) is 5.91 Å². The third-order valence-electron chi connectivity index (χ3n) is 13.7. The summed E-state index contributed by atoms with van der Waals surface area (Å²) in [6, 6.07) is -0.118. The van der Waals surface area contributed by atoms with Crippen molar-refractivity contribution in [3.8, 4) is 0 Å².